The van der Waals surface area contributed by atoms with Gasteiger partial charge >= 0.3 is 5.76 Å². The van der Waals surface area contributed by atoms with Crippen molar-refractivity contribution in [1.29, 1.82) is 0 Å². The van der Waals surface area contributed by atoms with Crippen LogP contribution in [0.2, 0.25) is 0 Å². The number of rotatable bonds is 1. The fourth-order valence-electron chi connectivity index (χ4n) is 4.61. The lowest BCUT2D eigenvalue weighted by Gasteiger charge is -2.25. The number of halogens is 1. The van der Waals surface area contributed by atoms with Crippen LogP contribution in [0.3, 0.4) is 0 Å². The lowest BCUT2D eigenvalue weighted by Crippen LogP contribution is -2.35. The fraction of sp³-hybridized carbons (Fsp3) is 0.300. The zero-order chi connectivity index (χ0) is 17.9. The third-order valence-electron chi connectivity index (χ3n) is 5.75. The number of nitrogens with one attached hydrogen (secondary N) is 1. The highest BCUT2D eigenvalue weighted by molar-refractivity contribution is 6.09. The predicted octanol–water partition coefficient (Wildman–Crippen LogP) is 3.73. The summed E-state index contributed by atoms with van der Waals surface area (Å²) in [5, 5.41) is 0. The van der Waals surface area contributed by atoms with Crippen LogP contribution in [0.4, 0.5) is 10.1 Å². The van der Waals surface area contributed by atoms with Crippen LogP contribution in [-0.2, 0) is 5.41 Å². The molecule has 1 fully saturated rings. The normalized spacial score (nSPS) is 18.0. The molecule has 2 aliphatic rings. The first-order chi connectivity index (χ1) is 12.6. The Balaban J connectivity index is 1.60. The van der Waals surface area contributed by atoms with E-state index in [2.05, 4.69) is 4.98 Å². The van der Waals surface area contributed by atoms with E-state index in [9.17, 15) is 14.0 Å². The zero-order valence-electron chi connectivity index (χ0n) is 14.0. The van der Waals surface area contributed by atoms with Gasteiger partial charge in [-0.15, -0.1) is 0 Å². The van der Waals surface area contributed by atoms with Crippen molar-refractivity contribution in [3.8, 4) is 0 Å². The maximum Gasteiger partial charge on any atom is 0.417 e. The molecule has 1 aromatic heterocycles. The Morgan fingerprint density at radius 2 is 2.00 bits per heavy atom. The van der Waals surface area contributed by atoms with Crippen LogP contribution in [0.5, 0.6) is 0 Å². The summed E-state index contributed by atoms with van der Waals surface area (Å²) in [6.45, 7) is 0.502. The van der Waals surface area contributed by atoms with Crippen LogP contribution in [0.25, 0.3) is 11.1 Å². The van der Waals surface area contributed by atoms with Crippen molar-refractivity contribution in [2.45, 2.75) is 31.1 Å². The Hall–Kier alpha value is -2.89. The first kappa shape index (κ1) is 15.4. The van der Waals surface area contributed by atoms with Gasteiger partial charge in [0, 0.05) is 23.1 Å². The molecule has 3 aromatic rings. The van der Waals surface area contributed by atoms with E-state index in [1.807, 2.05) is 6.07 Å². The number of oxazole rings is 1. The summed E-state index contributed by atoms with van der Waals surface area (Å²) >= 11 is 0. The maximum absolute atomic E-state index is 14.6. The van der Waals surface area contributed by atoms with Crippen molar-refractivity contribution >= 4 is 22.7 Å². The minimum absolute atomic E-state index is 0.190. The van der Waals surface area contributed by atoms with E-state index in [0.717, 1.165) is 25.7 Å². The molecule has 0 saturated heterocycles. The number of fused-ring (bicyclic) bond motifs is 3. The molecule has 6 heteroatoms. The summed E-state index contributed by atoms with van der Waals surface area (Å²) in [6, 6.07) is 9.81. The van der Waals surface area contributed by atoms with E-state index < -0.39 is 5.76 Å². The molecule has 0 atom stereocenters. The summed E-state index contributed by atoms with van der Waals surface area (Å²) in [6.07, 6.45) is 3.91. The van der Waals surface area contributed by atoms with Crippen molar-refractivity contribution in [3.63, 3.8) is 0 Å². The summed E-state index contributed by atoms with van der Waals surface area (Å²) in [7, 11) is 0. The van der Waals surface area contributed by atoms with E-state index in [1.54, 1.807) is 29.2 Å². The largest absolute Gasteiger partial charge is 0.417 e. The molecule has 1 saturated carbocycles. The molecule has 1 aliphatic carbocycles. The van der Waals surface area contributed by atoms with Gasteiger partial charge in [0.15, 0.2) is 5.58 Å². The Morgan fingerprint density at radius 3 is 2.81 bits per heavy atom. The number of carbonyl (C=O) groups is 1. The average molecular weight is 352 g/mol. The summed E-state index contributed by atoms with van der Waals surface area (Å²) in [5.41, 5.74) is 2.41. The number of aromatic amines is 1. The van der Waals surface area contributed by atoms with E-state index in [1.165, 1.54) is 6.07 Å². The summed E-state index contributed by atoms with van der Waals surface area (Å²) in [4.78, 5) is 28.8. The van der Waals surface area contributed by atoms with E-state index in [0.29, 0.717) is 34.5 Å². The minimum atomic E-state index is -0.553. The molecule has 1 amide bonds. The molecule has 132 valence electrons. The van der Waals surface area contributed by atoms with Gasteiger partial charge < -0.3 is 9.32 Å². The van der Waals surface area contributed by atoms with Crippen LogP contribution in [0.1, 0.15) is 41.6 Å². The second kappa shape index (κ2) is 5.30. The third kappa shape index (κ3) is 2.08. The SMILES string of the molecule is O=C(c1ccc2oc(=O)[nH]c2c1)N1CC2(CCCC2)c2c(F)cccc21. The van der Waals surface area contributed by atoms with Gasteiger partial charge in [-0.25, -0.2) is 9.18 Å². The average Bonchev–Trinajstić information content (AvgIpc) is 3.32. The van der Waals surface area contributed by atoms with Gasteiger partial charge in [0.25, 0.3) is 5.91 Å². The number of hydrogen-bond donors (Lipinski definition) is 1. The molecule has 5 nitrogen and oxygen atoms in total. The quantitative estimate of drug-likeness (QED) is 0.726. The molecular weight excluding hydrogens is 335 g/mol. The molecule has 2 aromatic carbocycles. The van der Waals surface area contributed by atoms with Crippen molar-refractivity contribution in [2.75, 3.05) is 11.4 Å². The van der Waals surface area contributed by atoms with E-state index in [4.69, 9.17) is 4.42 Å². The number of amides is 1. The lowest BCUT2D eigenvalue weighted by molar-refractivity contribution is 0.0985. The van der Waals surface area contributed by atoms with Gasteiger partial charge in [0.1, 0.15) is 5.82 Å². The molecule has 26 heavy (non-hydrogen) atoms. The number of hydrogen-bond acceptors (Lipinski definition) is 3. The number of carbonyl (C=O) groups excluding carboxylic acids is 1. The number of aromatic nitrogens is 1. The molecule has 2 heterocycles. The maximum atomic E-state index is 14.6. The van der Waals surface area contributed by atoms with Crippen LogP contribution >= 0.6 is 0 Å². The van der Waals surface area contributed by atoms with Gasteiger partial charge in [0.2, 0.25) is 0 Å². The molecule has 1 aliphatic heterocycles. The second-order valence-electron chi connectivity index (χ2n) is 7.24. The minimum Gasteiger partial charge on any atom is -0.408 e. The number of nitrogens with zero attached hydrogens (tertiary/aromatic N) is 1. The van der Waals surface area contributed by atoms with Crippen LogP contribution < -0.4 is 10.7 Å². The molecule has 0 bridgehead atoms. The van der Waals surface area contributed by atoms with Gasteiger partial charge in [0.05, 0.1) is 11.2 Å². The number of benzene rings is 2. The Bertz CT molecular complexity index is 1090. The Labute approximate surface area is 148 Å². The first-order valence-electron chi connectivity index (χ1n) is 8.81. The van der Waals surface area contributed by atoms with Crippen molar-refractivity contribution < 1.29 is 13.6 Å². The van der Waals surface area contributed by atoms with Gasteiger partial charge in [-0.3, -0.25) is 9.78 Å². The van der Waals surface area contributed by atoms with Gasteiger partial charge in [-0.2, -0.15) is 0 Å². The zero-order valence-corrected chi connectivity index (χ0v) is 14.0. The molecule has 1 spiro atoms. The van der Waals surface area contributed by atoms with Gasteiger partial charge in [-0.05, 0) is 43.2 Å². The Morgan fingerprint density at radius 1 is 1.19 bits per heavy atom. The monoisotopic (exact) mass is 352 g/mol. The lowest BCUT2D eigenvalue weighted by atomic mass is 9.80. The van der Waals surface area contributed by atoms with Crippen molar-refractivity contribution in [1.82, 2.24) is 4.98 Å². The van der Waals surface area contributed by atoms with Crippen molar-refractivity contribution in [2.24, 2.45) is 0 Å². The highest BCUT2D eigenvalue weighted by Crippen LogP contribution is 2.51. The number of anilines is 1. The van der Waals surface area contributed by atoms with E-state index in [-0.39, 0.29) is 17.1 Å². The summed E-state index contributed by atoms with van der Waals surface area (Å²) in [5.74, 6) is -0.970. The summed E-state index contributed by atoms with van der Waals surface area (Å²) < 4.78 is 19.6. The molecule has 1 N–H and O–H groups in total. The Kier molecular flexibility index (Phi) is 3.13. The first-order valence-corrected chi connectivity index (χ1v) is 8.81. The second-order valence-corrected chi connectivity index (χ2v) is 7.24. The molecular formula is C20H17FN2O3. The standard InChI is InChI=1S/C20H17FN2O3/c21-13-4-3-5-15-17(13)20(8-1-2-9-20)11-23(15)18(24)12-6-7-16-14(10-12)22-19(25)26-16/h3-7,10H,1-2,8-9,11H2,(H,22,25). The third-order valence-corrected chi connectivity index (χ3v) is 5.75. The van der Waals surface area contributed by atoms with Crippen molar-refractivity contribution in [3.05, 3.63) is 63.9 Å². The molecule has 0 unspecified atom stereocenters. The smallest absolute Gasteiger partial charge is 0.408 e. The predicted molar refractivity (Wildman–Crippen MR) is 95.1 cm³/mol. The highest BCUT2D eigenvalue weighted by atomic mass is 19.1. The topological polar surface area (TPSA) is 66.3 Å². The van der Waals surface area contributed by atoms with Crippen LogP contribution in [0.15, 0.2) is 45.6 Å². The van der Waals surface area contributed by atoms with Gasteiger partial charge in [-0.1, -0.05) is 18.9 Å². The molecule has 0 radical (unpaired) electrons. The highest BCUT2D eigenvalue weighted by Gasteiger charge is 2.48. The van der Waals surface area contributed by atoms with Crippen LogP contribution in [-0.4, -0.2) is 17.4 Å². The fourth-order valence-corrected chi connectivity index (χ4v) is 4.61. The van der Waals surface area contributed by atoms with E-state index >= 15 is 0 Å². The molecule has 5 rings (SSSR count). The number of H-pyrrole nitrogens is 1. The van der Waals surface area contributed by atoms with Crippen LogP contribution in [0, 0.1) is 5.82 Å².